The van der Waals surface area contributed by atoms with Crippen molar-refractivity contribution in [3.63, 3.8) is 0 Å². The van der Waals surface area contributed by atoms with Crippen molar-refractivity contribution in [2.24, 2.45) is 0 Å². The molecule has 0 unspecified atom stereocenters. The molecule has 0 atom stereocenters. The van der Waals surface area contributed by atoms with Crippen molar-refractivity contribution in [2.75, 3.05) is 26.7 Å². The van der Waals surface area contributed by atoms with Gasteiger partial charge in [0.05, 0.1) is 19.6 Å². The molecule has 0 radical (unpaired) electrons. The Bertz CT molecular complexity index is 520. The summed E-state index contributed by atoms with van der Waals surface area (Å²) in [5.41, 5.74) is 1.15. The van der Waals surface area contributed by atoms with E-state index in [9.17, 15) is 4.79 Å². The summed E-state index contributed by atoms with van der Waals surface area (Å²) in [6.45, 7) is 4.02. The molecule has 2 aliphatic rings. The predicted molar refractivity (Wildman–Crippen MR) is 87.1 cm³/mol. The Balaban J connectivity index is 1.42. The number of para-hydroxylation sites is 1. The maximum absolute atomic E-state index is 12.3. The maximum Gasteiger partial charge on any atom is 0.237 e. The van der Waals surface area contributed by atoms with Gasteiger partial charge in [-0.05, 0) is 38.4 Å². The molecular weight excluding hydrogens is 276 g/mol. The third-order valence-corrected chi connectivity index (χ3v) is 4.92. The second-order valence-electron chi connectivity index (χ2n) is 6.66. The molecule has 3 rings (SSSR count). The molecule has 1 aliphatic heterocycles. The van der Waals surface area contributed by atoms with Gasteiger partial charge in [-0.15, -0.1) is 0 Å². The van der Waals surface area contributed by atoms with Crippen LogP contribution < -0.4 is 4.74 Å². The number of likely N-dealkylation sites (tertiary alicyclic amines) is 1. The highest BCUT2D eigenvalue weighted by atomic mass is 16.5. The lowest BCUT2D eigenvalue weighted by Gasteiger charge is -2.40. The van der Waals surface area contributed by atoms with Crippen LogP contribution in [-0.2, 0) is 4.79 Å². The summed E-state index contributed by atoms with van der Waals surface area (Å²) in [6.07, 6.45) is 5.23. The highest BCUT2D eigenvalue weighted by Gasteiger charge is 2.33. The smallest absolute Gasteiger partial charge is 0.237 e. The summed E-state index contributed by atoms with van der Waals surface area (Å²) in [7, 11) is 2.08. The lowest BCUT2D eigenvalue weighted by Crippen LogP contribution is -2.58. The zero-order chi connectivity index (χ0) is 15.5. The molecule has 1 saturated heterocycles. The van der Waals surface area contributed by atoms with E-state index < -0.39 is 0 Å². The predicted octanol–water partition coefficient (Wildman–Crippen LogP) is 2.46. The van der Waals surface area contributed by atoms with Crippen molar-refractivity contribution in [1.82, 2.24) is 9.80 Å². The zero-order valence-corrected chi connectivity index (χ0v) is 13.6. The highest BCUT2D eigenvalue weighted by Crippen LogP contribution is 2.24. The Hall–Kier alpha value is -1.55. The van der Waals surface area contributed by atoms with Gasteiger partial charge in [-0.25, -0.2) is 0 Å². The second kappa shape index (κ2) is 6.69. The van der Waals surface area contributed by atoms with E-state index in [-0.39, 0.29) is 12.0 Å². The molecule has 0 bridgehead atoms. The van der Waals surface area contributed by atoms with E-state index in [1.165, 1.54) is 25.7 Å². The van der Waals surface area contributed by atoms with Gasteiger partial charge in [-0.3, -0.25) is 9.69 Å². The van der Waals surface area contributed by atoms with E-state index >= 15 is 0 Å². The minimum atomic E-state index is 0.141. The summed E-state index contributed by atoms with van der Waals surface area (Å²) in [5.74, 6) is 1.17. The molecule has 1 heterocycles. The van der Waals surface area contributed by atoms with Crippen LogP contribution in [0.4, 0.5) is 0 Å². The molecule has 0 N–H and O–H groups in total. The van der Waals surface area contributed by atoms with Crippen LogP contribution >= 0.6 is 0 Å². The maximum atomic E-state index is 12.3. The van der Waals surface area contributed by atoms with E-state index in [1.54, 1.807) is 0 Å². The van der Waals surface area contributed by atoms with Crippen molar-refractivity contribution in [3.8, 4) is 5.75 Å². The fourth-order valence-corrected chi connectivity index (χ4v) is 3.37. The van der Waals surface area contributed by atoms with Gasteiger partial charge in [0.25, 0.3) is 0 Å². The van der Waals surface area contributed by atoms with E-state index in [2.05, 4.69) is 11.9 Å². The number of rotatable bonds is 5. The number of aryl methyl sites for hydroxylation is 1. The number of nitrogens with zero attached hydrogens (tertiary/aromatic N) is 2. The van der Waals surface area contributed by atoms with Crippen LogP contribution in [0.25, 0.3) is 0 Å². The minimum absolute atomic E-state index is 0.141. The quantitative estimate of drug-likeness (QED) is 0.837. The lowest BCUT2D eigenvalue weighted by molar-refractivity contribution is -0.141. The topological polar surface area (TPSA) is 32.8 Å². The first-order valence-electron chi connectivity index (χ1n) is 8.34. The summed E-state index contributed by atoms with van der Waals surface area (Å²) >= 11 is 0. The minimum Gasteiger partial charge on any atom is -0.486 e. The van der Waals surface area contributed by atoms with Crippen LogP contribution in [0.5, 0.6) is 5.75 Å². The SMILES string of the molecule is Cc1ccccc1OC1CN(C(=O)CN(C)C2CCCC2)C1. The first-order valence-corrected chi connectivity index (χ1v) is 8.34. The van der Waals surface area contributed by atoms with E-state index in [0.29, 0.717) is 25.7 Å². The molecule has 1 aromatic rings. The number of likely N-dealkylation sites (N-methyl/N-ethyl adjacent to an activating group) is 1. The Kier molecular flexibility index (Phi) is 4.67. The van der Waals surface area contributed by atoms with Crippen LogP contribution in [0.1, 0.15) is 31.2 Å². The van der Waals surface area contributed by atoms with Gasteiger partial charge in [0.2, 0.25) is 5.91 Å². The number of carbonyl (C=O) groups is 1. The lowest BCUT2D eigenvalue weighted by atomic mass is 10.1. The van der Waals surface area contributed by atoms with Crippen LogP contribution in [0, 0.1) is 6.92 Å². The highest BCUT2D eigenvalue weighted by molar-refractivity contribution is 5.79. The van der Waals surface area contributed by atoms with Crippen molar-refractivity contribution in [2.45, 2.75) is 44.8 Å². The fourth-order valence-electron chi connectivity index (χ4n) is 3.37. The largest absolute Gasteiger partial charge is 0.486 e. The molecule has 0 spiro atoms. The first kappa shape index (κ1) is 15.3. The Morgan fingerprint density at radius 2 is 1.95 bits per heavy atom. The van der Waals surface area contributed by atoms with Gasteiger partial charge in [-0.1, -0.05) is 31.0 Å². The monoisotopic (exact) mass is 302 g/mol. The van der Waals surface area contributed by atoms with E-state index in [4.69, 9.17) is 4.74 Å². The number of carbonyl (C=O) groups excluding carboxylic acids is 1. The molecule has 2 fully saturated rings. The number of hydrogen-bond donors (Lipinski definition) is 0. The van der Waals surface area contributed by atoms with Crippen LogP contribution in [0.3, 0.4) is 0 Å². The Morgan fingerprint density at radius 1 is 1.27 bits per heavy atom. The fraction of sp³-hybridized carbons (Fsp3) is 0.611. The number of hydrogen-bond acceptors (Lipinski definition) is 3. The Labute approximate surface area is 133 Å². The average molecular weight is 302 g/mol. The van der Waals surface area contributed by atoms with Crippen LogP contribution in [-0.4, -0.2) is 54.5 Å². The van der Waals surface area contributed by atoms with Crippen molar-refractivity contribution in [3.05, 3.63) is 29.8 Å². The average Bonchev–Trinajstić information content (AvgIpc) is 2.98. The van der Waals surface area contributed by atoms with E-state index in [1.807, 2.05) is 36.1 Å². The normalized spacial score (nSPS) is 19.5. The number of benzene rings is 1. The summed E-state index contributed by atoms with van der Waals surface area (Å²) in [5, 5.41) is 0. The molecule has 1 amide bonds. The van der Waals surface area contributed by atoms with Gasteiger partial charge >= 0.3 is 0 Å². The van der Waals surface area contributed by atoms with Gasteiger partial charge in [0.15, 0.2) is 0 Å². The van der Waals surface area contributed by atoms with Crippen LogP contribution in [0.2, 0.25) is 0 Å². The number of amides is 1. The van der Waals surface area contributed by atoms with Crippen molar-refractivity contribution in [1.29, 1.82) is 0 Å². The standard InChI is InChI=1S/C18H26N2O2/c1-14-7-3-6-10-17(14)22-16-11-20(12-16)18(21)13-19(2)15-8-4-5-9-15/h3,6-7,10,15-16H,4-5,8-9,11-13H2,1-2H3. The third kappa shape index (κ3) is 3.43. The van der Waals surface area contributed by atoms with Crippen LogP contribution in [0.15, 0.2) is 24.3 Å². The molecule has 1 aliphatic carbocycles. The number of ether oxygens (including phenoxy) is 1. The summed E-state index contributed by atoms with van der Waals surface area (Å²) in [4.78, 5) is 16.4. The summed E-state index contributed by atoms with van der Waals surface area (Å²) in [6, 6.07) is 8.64. The first-order chi connectivity index (χ1) is 10.6. The Morgan fingerprint density at radius 3 is 2.64 bits per heavy atom. The zero-order valence-electron chi connectivity index (χ0n) is 13.6. The molecule has 4 nitrogen and oxygen atoms in total. The molecular formula is C18H26N2O2. The molecule has 1 aromatic carbocycles. The summed E-state index contributed by atoms with van der Waals surface area (Å²) < 4.78 is 5.96. The second-order valence-corrected chi connectivity index (χ2v) is 6.66. The van der Waals surface area contributed by atoms with Crippen molar-refractivity contribution < 1.29 is 9.53 Å². The van der Waals surface area contributed by atoms with Gasteiger partial charge in [-0.2, -0.15) is 0 Å². The molecule has 0 aromatic heterocycles. The van der Waals surface area contributed by atoms with E-state index in [0.717, 1.165) is 11.3 Å². The van der Waals surface area contributed by atoms with Gasteiger partial charge < -0.3 is 9.64 Å². The van der Waals surface area contributed by atoms with Gasteiger partial charge in [0.1, 0.15) is 11.9 Å². The van der Waals surface area contributed by atoms with Crippen molar-refractivity contribution >= 4 is 5.91 Å². The molecule has 1 saturated carbocycles. The molecule has 22 heavy (non-hydrogen) atoms. The molecule has 120 valence electrons. The molecule has 4 heteroatoms. The third-order valence-electron chi connectivity index (χ3n) is 4.92. The van der Waals surface area contributed by atoms with Gasteiger partial charge in [0, 0.05) is 6.04 Å².